The van der Waals surface area contributed by atoms with Crippen LogP contribution < -0.4 is 4.72 Å². The molecule has 2 aromatic heterocycles. The van der Waals surface area contributed by atoms with Crippen molar-refractivity contribution in [1.29, 1.82) is 0 Å². The number of hydrogen-bond acceptors (Lipinski definition) is 5. The zero-order valence-corrected chi connectivity index (χ0v) is 14.1. The smallest absolute Gasteiger partial charge is 0.216 e. The van der Waals surface area contributed by atoms with Gasteiger partial charge in [-0.3, -0.25) is 4.98 Å². The van der Waals surface area contributed by atoms with Crippen LogP contribution in [0.2, 0.25) is 0 Å². The Morgan fingerprint density at radius 1 is 1.08 bits per heavy atom. The summed E-state index contributed by atoms with van der Waals surface area (Å²) in [6.45, 7) is 0.112. The Kier molecular flexibility index (Phi) is 4.98. The first-order chi connectivity index (χ1) is 11.5. The molecule has 124 valence electrons. The van der Waals surface area contributed by atoms with Gasteiger partial charge in [0.1, 0.15) is 10.8 Å². The molecular formula is C16H14FN3O2S2. The van der Waals surface area contributed by atoms with Gasteiger partial charge in [0.2, 0.25) is 10.0 Å². The number of thiazole rings is 1. The van der Waals surface area contributed by atoms with Gasteiger partial charge in [-0.15, -0.1) is 11.3 Å². The van der Waals surface area contributed by atoms with E-state index in [0.29, 0.717) is 16.3 Å². The lowest BCUT2D eigenvalue weighted by atomic mass is 10.2. The van der Waals surface area contributed by atoms with E-state index in [4.69, 9.17) is 0 Å². The van der Waals surface area contributed by atoms with E-state index in [9.17, 15) is 12.8 Å². The van der Waals surface area contributed by atoms with Gasteiger partial charge in [-0.25, -0.2) is 22.5 Å². The Morgan fingerprint density at radius 3 is 2.58 bits per heavy atom. The predicted octanol–water partition coefficient (Wildman–Crippen LogP) is 2.96. The van der Waals surface area contributed by atoms with Crippen molar-refractivity contribution in [3.63, 3.8) is 0 Å². The van der Waals surface area contributed by atoms with E-state index in [2.05, 4.69) is 14.7 Å². The van der Waals surface area contributed by atoms with Crippen molar-refractivity contribution in [2.75, 3.05) is 0 Å². The summed E-state index contributed by atoms with van der Waals surface area (Å²) >= 11 is 1.37. The molecule has 1 N–H and O–H groups in total. The van der Waals surface area contributed by atoms with Crippen molar-refractivity contribution in [3.05, 3.63) is 70.4 Å². The molecule has 0 aliphatic rings. The van der Waals surface area contributed by atoms with E-state index in [0.717, 1.165) is 5.69 Å². The quantitative estimate of drug-likeness (QED) is 0.731. The lowest BCUT2D eigenvalue weighted by Crippen LogP contribution is -2.24. The van der Waals surface area contributed by atoms with Gasteiger partial charge in [0, 0.05) is 11.6 Å². The maximum atomic E-state index is 12.9. The SMILES string of the molecule is O=S(=O)(Cc1ccc(F)cc1)NCc1nc(-c2ccccn2)cs1. The number of halogens is 1. The summed E-state index contributed by atoms with van der Waals surface area (Å²) in [6.07, 6.45) is 1.68. The van der Waals surface area contributed by atoms with Gasteiger partial charge in [-0.1, -0.05) is 18.2 Å². The summed E-state index contributed by atoms with van der Waals surface area (Å²) in [5.74, 6) is -0.597. The fourth-order valence-electron chi connectivity index (χ4n) is 2.05. The Hall–Kier alpha value is -2.16. The Balaban J connectivity index is 1.63. The highest BCUT2D eigenvalue weighted by Gasteiger charge is 2.13. The molecule has 3 aromatic rings. The Labute approximate surface area is 143 Å². The fourth-order valence-corrected chi connectivity index (χ4v) is 3.96. The third kappa shape index (κ3) is 4.44. The van der Waals surface area contributed by atoms with Gasteiger partial charge in [-0.2, -0.15) is 0 Å². The van der Waals surface area contributed by atoms with Gasteiger partial charge < -0.3 is 0 Å². The van der Waals surface area contributed by atoms with Gasteiger partial charge >= 0.3 is 0 Å². The van der Waals surface area contributed by atoms with E-state index in [1.807, 2.05) is 23.6 Å². The third-order valence-electron chi connectivity index (χ3n) is 3.19. The van der Waals surface area contributed by atoms with Crippen LogP contribution >= 0.6 is 11.3 Å². The first-order valence-electron chi connectivity index (χ1n) is 7.09. The second kappa shape index (κ2) is 7.16. The van der Waals surface area contributed by atoms with Gasteiger partial charge in [0.05, 0.1) is 23.7 Å². The van der Waals surface area contributed by atoms with Crippen molar-refractivity contribution in [2.45, 2.75) is 12.3 Å². The van der Waals surface area contributed by atoms with Crippen molar-refractivity contribution < 1.29 is 12.8 Å². The molecule has 0 aliphatic carbocycles. The normalized spacial score (nSPS) is 11.5. The molecule has 0 amide bonds. The maximum absolute atomic E-state index is 12.9. The van der Waals surface area contributed by atoms with Crippen molar-refractivity contribution in [1.82, 2.24) is 14.7 Å². The molecule has 0 unspecified atom stereocenters. The topological polar surface area (TPSA) is 72.0 Å². The monoisotopic (exact) mass is 363 g/mol. The largest absolute Gasteiger partial charge is 0.255 e. The van der Waals surface area contributed by atoms with Crippen LogP contribution in [0.3, 0.4) is 0 Å². The number of benzene rings is 1. The highest BCUT2D eigenvalue weighted by molar-refractivity contribution is 7.88. The van der Waals surface area contributed by atoms with E-state index in [1.165, 1.54) is 35.6 Å². The second-order valence-corrected chi connectivity index (χ2v) is 7.80. The number of rotatable bonds is 6. The van der Waals surface area contributed by atoms with E-state index >= 15 is 0 Å². The number of pyridine rings is 1. The molecule has 0 fully saturated rings. The molecule has 0 saturated carbocycles. The van der Waals surface area contributed by atoms with Crippen LogP contribution in [0.1, 0.15) is 10.6 Å². The predicted molar refractivity (Wildman–Crippen MR) is 91.2 cm³/mol. The maximum Gasteiger partial charge on any atom is 0.216 e. The number of nitrogens with one attached hydrogen (secondary N) is 1. The van der Waals surface area contributed by atoms with Crippen LogP contribution in [0.4, 0.5) is 4.39 Å². The minimum Gasteiger partial charge on any atom is -0.255 e. The summed E-state index contributed by atoms with van der Waals surface area (Å²) in [5, 5.41) is 2.49. The molecule has 24 heavy (non-hydrogen) atoms. The van der Waals surface area contributed by atoms with Crippen molar-refractivity contribution >= 4 is 21.4 Å². The van der Waals surface area contributed by atoms with Crippen LogP contribution in [0, 0.1) is 5.82 Å². The lowest BCUT2D eigenvalue weighted by Gasteiger charge is -2.05. The highest BCUT2D eigenvalue weighted by atomic mass is 32.2. The van der Waals surface area contributed by atoms with Crippen LogP contribution in [-0.4, -0.2) is 18.4 Å². The molecule has 0 aliphatic heterocycles. The van der Waals surface area contributed by atoms with E-state index in [-0.39, 0.29) is 12.3 Å². The number of hydrogen-bond donors (Lipinski definition) is 1. The third-order valence-corrected chi connectivity index (χ3v) is 5.34. The summed E-state index contributed by atoms with van der Waals surface area (Å²) < 4.78 is 39.6. The molecule has 0 radical (unpaired) electrons. The Bertz CT molecular complexity index is 910. The van der Waals surface area contributed by atoms with Gasteiger partial charge in [-0.05, 0) is 29.8 Å². The van der Waals surface area contributed by atoms with E-state index in [1.54, 1.807) is 6.20 Å². The second-order valence-electron chi connectivity index (χ2n) is 5.05. The van der Waals surface area contributed by atoms with Crippen LogP contribution in [0.5, 0.6) is 0 Å². The Morgan fingerprint density at radius 2 is 1.88 bits per heavy atom. The van der Waals surface area contributed by atoms with Gasteiger partial charge in [0.15, 0.2) is 0 Å². The molecule has 0 saturated heterocycles. The van der Waals surface area contributed by atoms with Crippen LogP contribution in [0.25, 0.3) is 11.4 Å². The first-order valence-corrected chi connectivity index (χ1v) is 9.63. The summed E-state index contributed by atoms with van der Waals surface area (Å²) in [7, 11) is -3.52. The zero-order valence-electron chi connectivity index (χ0n) is 12.5. The standard InChI is InChI=1S/C16H14FN3O2S2/c17-13-6-4-12(5-7-13)11-24(21,22)19-9-16-20-15(10-23-16)14-3-1-2-8-18-14/h1-8,10,19H,9,11H2. The molecule has 5 nitrogen and oxygen atoms in total. The van der Waals surface area contributed by atoms with Gasteiger partial charge in [0.25, 0.3) is 0 Å². The molecule has 0 bridgehead atoms. The van der Waals surface area contributed by atoms with Crippen molar-refractivity contribution in [3.8, 4) is 11.4 Å². The average Bonchev–Trinajstić information content (AvgIpc) is 3.05. The molecule has 1 aromatic carbocycles. The molecule has 0 atom stereocenters. The molecule has 2 heterocycles. The summed E-state index contributed by atoms with van der Waals surface area (Å²) in [6, 6.07) is 10.9. The summed E-state index contributed by atoms with van der Waals surface area (Å²) in [4.78, 5) is 8.59. The fraction of sp³-hybridized carbons (Fsp3) is 0.125. The minimum atomic E-state index is -3.52. The number of sulfonamides is 1. The zero-order chi connectivity index (χ0) is 17.0. The molecular weight excluding hydrogens is 349 g/mol. The first kappa shape index (κ1) is 16.7. The molecule has 3 rings (SSSR count). The lowest BCUT2D eigenvalue weighted by molar-refractivity contribution is 0.580. The minimum absolute atomic E-state index is 0.112. The van der Waals surface area contributed by atoms with Crippen LogP contribution in [0.15, 0.2) is 54.0 Å². The number of nitrogens with zero attached hydrogens (tertiary/aromatic N) is 2. The molecule has 0 spiro atoms. The van der Waals surface area contributed by atoms with Crippen molar-refractivity contribution in [2.24, 2.45) is 0 Å². The molecule has 8 heteroatoms. The highest BCUT2D eigenvalue weighted by Crippen LogP contribution is 2.19. The number of aromatic nitrogens is 2. The van der Waals surface area contributed by atoms with E-state index < -0.39 is 15.8 Å². The average molecular weight is 363 g/mol. The van der Waals surface area contributed by atoms with Crippen LogP contribution in [-0.2, 0) is 22.3 Å². The summed E-state index contributed by atoms with van der Waals surface area (Å²) in [5.41, 5.74) is 1.99.